The van der Waals surface area contributed by atoms with Crippen LogP contribution in [0.5, 0.6) is 0 Å². The molecular weight excluding hydrogens is 322 g/mol. The molecule has 0 atom stereocenters. The molecule has 0 saturated heterocycles. The van der Waals surface area contributed by atoms with Crippen molar-refractivity contribution in [3.63, 3.8) is 0 Å². The van der Waals surface area contributed by atoms with Crippen molar-refractivity contribution in [2.24, 2.45) is 10.9 Å². The molecule has 1 amide bonds. The van der Waals surface area contributed by atoms with Crippen LogP contribution < -0.4 is 11.1 Å². The van der Waals surface area contributed by atoms with E-state index in [0.29, 0.717) is 18.4 Å². The van der Waals surface area contributed by atoms with Gasteiger partial charge in [-0.25, -0.2) is 0 Å². The van der Waals surface area contributed by atoms with Gasteiger partial charge in [-0.05, 0) is 47.3 Å². The fraction of sp³-hybridized carbons (Fsp3) is 0.429. The lowest BCUT2D eigenvalue weighted by Gasteiger charge is -2.31. The number of halogens is 1. The van der Waals surface area contributed by atoms with Crippen LogP contribution in [0.3, 0.4) is 0 Å². The van der Waals surface area contributed by atoms with Crippen LogP contribution in [0.2, 0.25) is 0 Å². The number of nitrogens with zero attached hydrogens (tertiary/aromatic N) is 1. The zero-order valence-corrected chi connectivity index (χ0v) is 13.5. The maximum absolute atomic E-state index is 12.4. The topological polar surface area (TPSA) is 87.7 Å². The van der Waals surface area contributed by atoms with E-state index in [9.17, 15) is 4.79 Å². The van der Waals surface area contributed by atoms with Gasteiger partial charge in [0.05, 0.1) is 5.56 Å². The van der Waals surface area contributed by atoms with Crippen LogP contribution in [-0.2, 0) is 0 Å². The molecule has 0 bridgehead atoms. The molecule has 0 spiro atoms. The Bertz CT molecular complexity index is 525. The maximum Gasteiger partial charge on any atom is 0.253 e. The number of oxime groups is 1. The van der Waals surface area contributed by atoms with Crippen LogP contribution in [-0.4, -0.2) is 22.5 Å². The molecular formula is C14H20BrN3O2. The highest BCUT2D eigenvalue weighted by atomic mass is 79.9. The van der Waals surface area contributed by atoms with Gasteiger partial charge in [-0.1, -0.05) is 31.1 Å². The number of hydrogen-bond acceptors (Lipinski definition) is 3. The van der Waals surface area contributed by atoms with Gasteiger partial charge in [0.25, 0.3) is 5.91 Å². The van der Waals surface area contributed by atoms with Gasteiger partial charge in [-0.3, -0.25) is 4.79 Å². The molecule has 0 radical (unpaired) electrons. The molecule has 0 heterocycles. The average molecular weight is 342 g/mol. The average Bonchev–Trinajstić information content (AvgIpc) is 2.46. The highest BCUT2D eigenvalue weighted by Crippen LogP contribution is 2.23. The Hall–Kier alpha value is -1.56. The van der Waals surface area contributed by atoms with E-state index in [1.807, 2.05) is 32.9 Å². The van der Waals surface area contributed by atoms with Crippen LogP contribution in [0, 0.1) is 6.92 Å². The Morgan fingerprint density at radius 1 is 1.45 bits per heavy atom. The molecule has 0 aromatic heterocycles. The number of nitrogens with one attached hydrogen (secondary N) is 1. The molecule has 0 aliphatic carbocycles. The van der Waals surface area contributed by atoms with Gasteiger partial charge >= 0.3 is 0 Å². The van der Waals surface area contributed by atoms with E-state index in [-0.39, 0.29) is 11.7 Å². The Kier molecular flexibility index (Phi) is 5.56. The smallest absolute Gasteiger partial charge is 0.253 e. The van der Waals surface area contributed by atoms with E-state index < -0.39 is 5.54 Å². The van der Waals surface area contributed by atoms with E-state index in [2.05, 4.69) is 26.4 Å². The molecule has 6 heteroatoms. The van der Waals surface area contributed by atoms with E-state index in [1.54, 1.807) is 6.07 Å². The summed E-state index contributed by atoms with van der Waals surface area (Å²) in [6, 6.07) is 5.46. The minimum Gasteiger partial charge on any atom is -0.409 e. The standard InChI is InChI=1S/C14H20BrN3O2/c1-4-14(5-2,13(16)18-20)17-12(19)10-8-6-7-9(3)11(10)15/h6-8,20H,4-5H2,1-3H3,(H2,16,18)(H,17,19). The van der Waals surface area contributed by atoms with E-state index in [4.69, 9.17) is 10.9 Å². The van der Waals surface area contributed by atoms with Crippen LogP contribution in [0.4, 0.5) is 0 Å². The molecule has 110 valence electrons. The van der Waals surface area contributed by atoms with Gasteiger partial charge in [0.2, 0.25) is 0 Å². The summed E-state index contributed by atoms with van der Waals surface area (Å²) in [4.78, 5) is 12.4. The summed E-state index contributed by atoms with van der Waals surface area (Å²) < 4.78 is 0.748. The number of aryl methyl sites for hydroxylation is 1. The minimum atomic E-state index is -0.838. The SMILES string of the molecule is CCC(CC)(NC(=O)c1cccc(C)c1Br)/C(N)=N/O. The Labute approximate surface area is 127 Å². The quantitative estimate of drug-likeness (QED) is 0.333. The highest BCUT2D eigenvalue weighted by molar-refractivity contribution is 9.10. The van der Waals surface area contributed by atoms with Crippen LogP contribution >= 0.6 is 15.9 Å². The second-order valence-electron chi connectivity index (χ2n) is 4.67. The van der Waals surface area contributed by atoms with E-state index >= 15 is 0 Å². The monoisotopic (exact) mass is 341 g/mol. The summed E-state index contributed by atoms with van der Waals surface area (Å²) in [6.45, 7) is 5.68. The lowest BCUT2D eigenvalue weighted by atomic mass is 9.91. The second-order valence-corrected chi connectivity index (χ2v) is 5.46. The summed E-state index contributed by atoms with van der Waals surface area (Å²) >= 11 is 3.41. The predicted molar refractivity (Wildman–Crippen MR) is 83.1 cm³/mol. The van der Waals surface area contributed by atoms with Gasteiger partial charge in [-0.2, -0.15) is 0 Å². The van der Waals surface area contributed by atoms with Crippen molar-refractivity contribution in [2.75, 3.05) is 0 Å². The van der Waals surface area contributed by atoms with Crippen LogP contribution in [0.15, 0.2) is 27.8 Å². The van der Waals surface area contributed by atoms with Gasteiger partial charge in [0.15, 0.2) is 5.84 Å². The van der Waals surface area contributed by atoms with Crippen molar-refractivity contribution in [3.8, 4) is 0 Å². The second kappa shape index (κ2) is 6.74. The Balaban J connectivity index is 3.12. The molecule has 0 aliphatic heterocycles. The number of rotatable bonds is 5. The molecule has 1 aromatic rings. The molecule has 1 aromatic carbocycles. The fourth-order valence-electron chi connectivity index (χ4n) is 2.06. The third kappa shape index (κ3) is 3.12. The van der Waals surface area contributed by atoms with Gasteiger partial charge in [0, 0.05) is 4.47 Å². The number of benzene rings is 1. The lowest BCUT2D eigenvalue weighted by Crippen LogP contribution is -2.56. The normalized spacial score (nSPS) is 12.3. The largest absolute Gasteiger partial charge is 0.409 e. The van der Waals surface area contributed by atoms with Crippen molar-refractivity contribution < 1.29 is 10.0 Å². The van der Waals surface area contributed by atoms with Crippen molar-refractivity contribution in [3.05, 3.63) is 33.8 Å². The van der Waals surface area contributed by atoms with Crippen molar-refractivity contribution in [2.45, 2.75) is 39.2 Å². The lowest BCUT2D eigenvalue weighted by molar-refractivity contribution is 0.0917. The number of nitrogens with two attached hydrogens (primary N) is 1. The van der Waals surface area contributed by atoms with Gasteiger partial charge in [-0.15, -0.1) is 0 Å². The minimum absolute atomic E-state index is 0.0135. The zero-order valence-electron chi connectivity index (χ0n) is 11.9. The Morgan fingerprint density at radius 3 is 2.55 bits per heavy atom. The molecule has 0 unspecified atom stereocenters. The first-order chi connectivity index (χ1) is 9.41. The zero-order chi connectivity index (χ0) is 15.3. The number of carbonyl (C=O) groups excluding carboxylic acids is 1. The summed E-state index contributed by atoms with van der Waals surface area (Å²) in [5.74, 6) is -0.240. The number of amidine groups is 1. The Morgan fingerprint density at radius 2 is 2.05 bits per heavy atom. The molecule has 0 saturated carbocycles. The van der Waals surface area contributed by atoms with Gasteiger partial charge in [0.1, 0.15) is 5.54 Å². The summed E-state index contributed by atoms with van der Waals surface area (Å²) in [6.07, 6.45) is 1.07. The third-order valence-electron chi connectivity index (χ3n) is 3.59. The maximum atomic E-state index is 12.4. The molecule has 20 heavy (non-hydrogen) atoms. The molecule has 0 aliphatic rings. The molecule has 0 fully saturated rings. The van der Waals surface area contributed by atoms with Crippen LogP contribution in [0.25, 0.3) is 0 Å². The van der Waals surface area contributed by atoms with Gasteiger partial charge < -0.3 is 16.3 Å². The summed E-state index contributed by atoms with van der Waals surface area (Å²) in [7, 11) is 0. The first-order valence-electron chi connectivity index (χ1n) is 6.47. The van der Waals surface area contributed by atoms with E-state index in [1.165, 1.54) is 0 Å². The summed E-state index contributed by atoms with van der Waals surface area (Å²) in [5.41, 5.74) is 6.40. The fourth-order valence-corrected chi connectivity index (χ4v) is 2.50. The summed E-state index contributed by atoms with van der Waals surface area (Å²) in [5, 5.41) is 14.9. The number of amides is 1. The van der Waals surface area contributed by atoms with Crippen molar-refractivity contribution >= 4 is 27.7 Å². The van der Waals surface area contributed by atoms with Crippen molar-refractivity contribution in [1.29, 1.82) is 0 Å². The first-order valence-corrected chi connectivity index (χ1v) is 7.26. The van der Waals surface area contributed by atoms with Crippen LogP contribution in [0.1, 0.15) is 42.6 Å². The molecule has 5 nitrogen and oxygen atoms in total. The molecule has 1 rings (SSSR count). The predicted octanol–water partition coefficient (Wildman–Crippen LogP) is 2.79. The van der Waals surface area contributed by atoms with E-state index in [0.717, 1.165) is 10.0 Å². The van der Waals surface area contributed by atoms with Crippen molar-refractivity contribution in [1.82, 2.24) is 5.32 Å². The molecule has 4 N–H and O–H groups in total. The highest BCUT2D eigenvalue weighted by Gasteiger charge is 2.34. The number of carbonyl (C=O) groups is 1. The third-order valence-corrected chi connectivity index (χ3v) is 4.65. The first kappa shape index (κ1) is 16.5. The number of hydrogen-bond donors (Lipinski definition) is 3.